The van der Waals surface area contributed by atoms with Crippen molar-refractivity contribution in [3.05, 3.63) is 59.2 Å². The third-order valence-electron chi connectivity index (χ3n) is 4.71. The number of benzene rings is 2. The lowest BCUT2D eigenvalue weighted by atomic mass is 10.1. The third kappa shape index (κ3) is 5.36. The Labute approximate surface area is 175 Å². The molecule has 2 aromatic carbocycles. The van der Waals surface area contributed by atoms with E-state index in [2.05, 4.69) is 16.0 Å². The topological polar surface area (TPSA) is 99.8 Å². The van der Waals surface area contributed by atoms with Crippen molar-refractivity contribution in [2.75, 3.05) is 30.9 Å². The van der Waals surface area contributed by atoms with Crippen LogP contribution in [-0.4, -0.2) is 43.0 Å². The van der Waals surface area contributed by atoms with Crippen molar-refractivity contribution in [1.29, 1.82) is 0 Å². The molecule has 1 aliphatic rings. The predicted octanol–water partition coefficient (Wildman–Crippen LogP) is 2.96. The second-order valence-electron chi connectivity index (χ2n) is 7.08. The standard InChI is InChI=1S/C22H26N4O4/c1-3-10-23-21(28)15-4-7-18(8-5-15)25-22(29)26-12-16-6-9-19(11-17(16)13-26)24-20(27)14-30-2/h4-9,11H,3,10,12-14H2,1-2H3,(H,23,28)(H,24,27)(H,25,29). The molecule has 3 N–H and O–H groups in total. The summed E-state index contributed by atoms with van der Waals surface area (Å²) in [5.41, 5.74) is 3.88. The molecule has 0 saturated carbocycles. The Hall–Kier alpha value is -3.39. The lowest BCUT2D eigenvalue weighted by molar-refractivity contribution is -0.119. The average Bonchev–Trinajstić information content (AvgIpc) is 3.16. The van der Waals surface area contributed by atoms with Gasteiger partial charge in [0.05, 0.1) is 0 Å². The number of ether oxygens (including phenoxy) is 1. The van der Waals surface area contributed by atoms with Crippen molar-refractivity contribution < 1.29 is 19.1 Å². The summed E-state index contributed by atoms with van der Waals surface area (Å²) in [6, 6.07) is 12.2. The van der Waals surface area contributed by atoms with Gasteiger partial charge in [-0.05, 0) is 53.9 Å². The maximum absolute atomic E-state index is 12.6. The maximum Gasteiger partial charge on any atom is 0.322 e. The first-order chi connectivity index (χ1) is 14.5. The monoisotopic (exact) mass is 410 g/mol. The molecule has 0 aromatic heterocycles. The number of anilines is 2. The molecule has 0 atom stereocenters. The van der Waals surface area contributed by atoms with Crippen LogP contribution in [-0.2, 0) is 22.6 Å². The van der Waals surface area contributed by atoms with Gasteiger partial charge >= 0.3 is 6.03 Å². The van der Waals surface area contributed by atoms with Gasteiger partial charge in [-0.15, -0.1) is 0 Å². The zero-order chi connectivity index (χ0) is 21.5. The number of hydrogen-bond acceptors (Lipinski definition) is 4. The summed E-state index contributed by atoms with van der Waals surface area (Å²) in [5, 5.41) is 8.45. The molecule has 0 fully saturated rings. The van der Waals surface area contributed by atoms with Gasteiger partial charge in [0.25, 0.3) is 5.91 Å². The number of amides is 4. The second-order valence-corrected chi connectivity index (χ2v) is 7.08. The van der Waals surface area contributed by atoms with E-state index < -0.39 is 0 Å². The van der Waals surface area contributed by atoms with E-state index in [0.717, 1.165) is 17.5 Å². The van der Waals surface area contributed by atoms with E-state index >= 15 is 0 Å². The molecule has 8 nitrogen and oxygen atoms in total. The molecular formula is C22H26N4O4. The highest BCUT2D eigenvalue weighted by Crippen LogP contribution is 2.26. The van der Waals surface area contributed by atoms with Crippen LogP contribution in [0.25, 0.3) is 0 Å². The molecule has 0 spiro atoms. The third-order valence-corrected chi connectivity index (χ3v) is 4.71. The fourth-order valence-corrected chi connectivity index (χ4v) is 3.19. The van der Waals surface area contributed by atoms with Gasteiger partial charge in [-0.3, -0.25) is 9.59 Å². The summed E-state index contributed by atoms with van der Waals surface area (Å²) in [7, 11) is 1.47. The Morgan fingerprint density at radius 3 is 2.37 bits per heavy atom. The van der Waals surface area contributed by atoms with Gasteiger partial charge in [-0.1, -0.05) is 13.0 Å². The number of nitrogens with zero attached hydrogens (tertiary/aromatic N) is 1. The lowest BCUT2D eigenvalue weighted by Gasteiger charge is -2.16. The lowest BCUT2D eigenvalue weighted by Crippen LogP contribution is -2.30. The number of carbonyl (C=O) groups is 3. The molecule has 30 heavy (non-hydrogen) atoms. The van der Waals surface area contributed by atoms with Gasteiger partial charge in [0.1, 0.15) is 6.61 Å². The van der Waals surface area contributed by atoms with E-state index in [0.29, 0.717) is 36.6 Å². The number of hydrogen-bond donors (Lipinski definition) is 3. The molecular weight excluding hydrogens is 384 g/mol. The summed E-state index contributed by atoms with van der Waals surface area (Å²) in [4.78, 5) is 38.0. The van der Waals surface area contributed by atoms with Crippen LogP contribution in [0.4, 0.5) is 16.2 Å². The Kier molecular flexibility index (Phi) is 7.03. The number of fused-ring (bicyclic) bond motifs is 1. The van der Waals surface area contributed by atoms with Crippen molar-refractivity contribution in [2.24, 2.45) is 0 Å². The van der Waals surface area contributed by atoms with Gasteiger partial charge in [0.15, 0.2) is 0 Å². The Morgan fingerprint density at radius 2 is 1.67 bits per heavy atom. The van der Waals surface area contributed by atoms with Crippen LogP contribution in [0, 0.1) is 0 Å². The smallest absolute Gasteiger partial charge is 0.322 e. The molecule has 4 amide bonds. The molecule has 0 radical (unpaired) electrons. The van der Waals surface area contributed by atoms with E-state index in [-0.39, 0.29) is 24.5 Å². The van der Waals surface area contributed by atoms with Gasteiger partial charge in [0, 0.05) is 43.7 Å². The molecule has 0 aliphatic carbocycles. The molecule has 0 unspecified atom stereocenters. The Morgan fingerprint density at radius 1 is 0.967 bits per heavy atom. The van der Waals surface area contributed by atoms with Crippen LogP contribution in [0.3, 0.4) is 0 Å². The van der Waals surface area contributed by atoms with Crippen molar-refractivity contribution >= 4 is 29.2 Å². The summed E-state index contributed by atoms with van der Waals surface area (Å²) in [6.07, 6.45) is 0.874. The minimum absolute atomic E-state index is 0.00926. The van der Waals surface area contributed by atoms with E-state index in [9.17, 15) is 14.4 Å². The van der Waals surface area contributed by atoms with Crippen LogP contribution >= 0.6 is 0 Å². The molecule has 2 aromatic rings. The number of urea groups is 1. The summed E-state index contributed by atoms with van der Waals surface area (Å²) in [5.74, 6) is -0.352. The second kappa shape index (κ2) is 9.89. The van der Waals surface area contributed by atoms with Crippen LogP contribution in [0.5, 0.6) is 0 Å². The van der Waals surface area contributed by atoms with E-state index in [1.807, 2.05) is 25.1 Å². The summed E-state index contributed by atoms with van der Waals surface area (Å²) < 4.78 is 4.82. The highest BCUT2D eigenvalue weighted by atomic mass is 16.5. The zero-order valence-corrected chi connectivity index (χ0v) is 17.2. The fourth-order valence-electron chi connectivity index (χ4n) is 3.19. The quantitative estimate of drug-likeness (QED) is 0.653. The van der Waals surface area contributed by atoms with Crippen LogP contribution in [0.1, 0.15) is 34.8 Å². The molecule has 0 saturated heterocycles. The average molecular weight is 410 g/mol. The van der Waals surface area contributed by atoms with Gasteiger partial charge < -0.3 is 25.6 Å². The number of methoxy groups -OCH3 is 1. The predicted molar refractivity (Wildman–Crippen MR) is 114 cm³/mol. The molecule has 8 heteroatoms. The number of carbonyl (C=O) groups excluding carboxylic acids is 3. The Bertz CT molecular complexity index is 927. The molecule has 1 aliphatic heterocycles. The number of rotatable bonds is 7. The highest BCUT2D eigenvalue weighted by molar-refractivity contribution is 5.95. The molecule has 0 bridgehead atoms. The first kappa shape index (κ1) is 21.3. The molecule has 158 valence electrons. The minimum atomic E-state index is -0.225. The normalized spacial score (nSPS) is 12.3. The first-order valence-corrected chi connectivity index (χ1v) is 9.85. The fraction of sp³-hybridized carbons (Fsp3) is 0.318. The maximum atomic E-state index is 12.6. The number of nitrogens with one attached hydrogen (secondary N) is 3. The van der Waals surface area contributed by atoms with E-state index in [1.54, 1.807) is 29.2 Å². The van der Waals surface area contributed by atoms with Gasteiger partial charge in [-0.25, -0.2) is 4.79 Å². The SMILES string of the molecule is CCCNC(=O)c1ccc(NC(=O)N2Cc3ccc(NC(=O)COC)cc3C2)cc1. The zero-order valence-electron chi connectivity index (χ0n) is 17.2. The molecule has 3 rings (SSSR count). The van der Waals surface area contributed by atoms with Crippen molar-refractivity contribution in [3.63, 3.8) is 0 Å². The minimum Gasteiger partial charge on any atom is -0.375 e. The van der Waals surface area contributed by atoms with E-state index in [4.69, 9.17) is 4.74 Å². The molecule has 1 heterocycles. The Balaban J connectivity index is 1.57. The van der Waals surface area contributed by atoms with Crippen LogP contribution in [0.15, 0.2) is 42.5 Å². The largest absolute Gasteiger partial charge is 0.375 e. The van der Waals surface area contributed by atoms with Gasteiger partial charge in [0.2, 0.25) is 5.91 Å². The van der Waals surface area contributed by atoms with E-state index in [1.165, 1.54) is 7.11 Å². The van der Waals surface area contributed by atoms with Crippen LogP contribution in [0.2, 0.25) is 0 Å². The highest BCUT2D eigenvalue weighted by Gasteiger charge is 2.24. The van der Waals surface area contributed by atoms with Crippen molar-refractivity contribution in [1.82, 2.24) is 10.2 Å². The van der Waals surface area contributed by atoms with Gasteiger partial charge in [-0.2, -0.15) is 0 Å². The summed E-state index contributed by atoms with van der Waals surface area (Å²) in [6.45, 7) is 3.56. The summed E-state index contributed by atoms with van der Waals surface area (Å²) >= 11 is 0. The van der Waals surface area contributed by atoms with Crippen molar-refractivity contribution in [2.45, 2.75) is 26.4 Å². The van der Waals surface area contributed by atoms with Crippen molar-refractivity contribution in [3.8, 4) is 0 Å². The first-order valence-electron chi connectivity index (χ1n) is 9.85. The van der Waals surface area contributed by atoms with Crippen LogP contribution < -0.4 is 16.0 Å².